The summed E-state index contributed by atoms with van der Waals surface area (Å²) in [7, 11) is 1.63. The Bertz CT molecular complexity index is 976. The lowest BCUT2D eigenvalue weighted by Crippen LogP contribution is -2.36. The molecule has 3 rings (SSSR count). The van der Waals surface area contributed by atoms with E-state index in [0.29, 0.717) is 18.5 Å². The number of carbonyl (C=O) groups is 1. The maximum atomic E-state index is 13.8. The Hall–Kier alpha value is -3.12. The molecule has 2 unspecified atom stereocenters. The topological polar surface area (TPSA) is 66.9 Å². The Labute approximate surface area is 176 Å². The molecular formula is C24H27FN4O. The summed E-state index contributed by atoms with van der Waals surface area (Å²) < 4.78 is 13.8. The summed E-state index contributed by atoms with van der Waals surface area (Å²) in [6.45, 7) is 4.22. The smallest absolute Gasteiger partial charge is 0.241 e. The van der Waals surface area contributed by atoms with E-state index in [-0.39, 0.29) is 17.6 Å². The third kappa shape index (κ3) is 5.27. The fourth-order valence-electron chi connectivity index (χ4n) is 3.49. The van der Waals surface area contributed by atoms with Crippen molar-refractivity contribution in [3.8, 4) is 0 Å². The first-order chi connectivity index (χ1) is 14.5. The Morgan fingerprint density at radius 1 is 1.00 bits per heavy atom. The summed E-state index contributed by atoms with van der Waals surface area (Å²) in [5.74, 6) is -0.383. The molecule has 0 spiro atoms. The number of rotatable bonds is 8. The minimum atomic E-state index is -0.448. The number of nitrogens with zero attached hydrogens (tertiary/aromatic N) is 2. The van der Waals surface area contributed by atoms with Crippen LogP contribution in [-0.4, -0.2) is 29.7 Å². The fourth-order valence-corrected chi connectivity index (χ4v) is 3.49. The SMILES string of the molecule is CNC(=O)C(NCCC(c1ccc(F)c(C)c1)c1ccc(C)nn1)c1ccccc1. The Morgan fingerprint density at radius 2 is 1.77 bits per heavy atom. The fraction of sp³-hybridized carbons (Fsp3) is 0.292. The molecule has 2 N–H and O–H groups in total. The normalized spacial score (nSPS) is 12.9. The quantitative estimate of drug-likeness (QED) is 0.597. The first-order valence-corrected chi connectivity index (χ1v) is 10.1. The summed E-state index contributed by atoms with van der Waals surface area (Å²) in [6, 6.07) is 18.2. The molecule has 2 aromatic carbocycles. The highest BCUT2D eigenvalue weighted by Gasteiger charge is 2.21. The highest BCUT2D eigenvalue weighted by Crippen LogP contribution is 2.28. The zero-order valence-corrected chi connectivity index (χ0v) is 17.5. The Morgan fingerprint density at radius 3 is 2.40 bits per heavy atom. The molecule has 1 aromatic heterocycles. The van der Waals surface area contributed by atoms with Gasteiger partial charge in [-0.05, 0) is 61.7 Å². The molecule has 2 atom stereocenters. The third-order valence-electron chi connectivity index (χ3n) is 5.18. The number of halogens is 1. The van der Waals surface area contributed by atoms with E-state index in [1.165, 1.54) is 6.07 Å². The number of likely N-dealkylation sites (N-methyl/N-ethyl adjacent to an activating group) is 1. The second kappa shape index (κ2) is 10.1. The highest BCUT2D eigenvalue weighted by molar-refractivity contribution is 5.82. The number of nitrogens with one attached hydrogen (secondary N) is 2. The van der Waals surface area contributed by atoms with Crippen LogP contribution >= 0.6 is 0 Å². The van der Waals surface area contributed by atoms with Gasteiger partial charge in [-0.15, -0.1) is 0 Å². The van der Waals surface area contributed by atoms with Crippen molar-refractivity contribution in [2.45, 2.75) is 32.2 Å². The Kier molecular flexibility index (Phi) is 7.25. The van der Waals surface area contributed by atoms with Crippen molar-refractivity contribution in [2.75, 3.05) is 13.6 Å². The predicted molar refractivity (Wildman–Crippen MR) is 116 cm³/mol. The van der Waals surface area contributed by atoms with Crippen LogP contribution < -0.4 is 10.6 Å². The van der Waals surface area contributed by atoms with Crippen LogP contribution in [-0.2, 0) is 4.79 Å². The number of aryl methyl sites for hydroxylation is 2. The number of benzene rings is 2. The largest absolute Gasteiger partial charge is 0.358 e. The van der Waals surface area contributed by atoms with E-state index >= 15 is 0 Å². The number of amides is 1. The van der Waals surface area contributed by atoms with Crippen molar-refractivity contribution in [3.05, 3.63) is 94.6 Å². The molecule has 1 amide bonds. The van der Waals surface area contributed by atoms with Crippen molar-refractivity contribution in [3.63, 3.8) is 0 Å². The molecule has 3 aromatic rings. The molecule has 30 heavy (non-hydrogen) atoms. The van der Waals surface area contributed by atoms with Gasteiger partial charge in [0.15, 0.2) is 0 Å². The molecule has 0 bridgehead atoms. The van der Waals surface area contributed by atoms with Crippen LogP contribution in [0.5, 0.6) is 0 Å². The van der Waals surface area contributed by atoms with Crippen molar-refractivity contribution >= 4 is 5.91 Å². The molecule has 1 heterocycles. The highest BCUT2D eigenvalue weighted by atomic mass is 19.1. The van der Waals surface area contributed by atoms with Gasteiger partial charge in [0.05, 0.1) is 11.4 Å². The van der Waals surface area contributed by atoms with E-state index in [1.807, 2.05) is 55.5 Å². The second-order valence-corrected chi connectivity index (χ2v) is 7.36. The zero-order chi connectivity index (χ0) is 21.5. The van der Waals surface area contributed by atoms with Gasteiger partial charge in [-0.2, -0.15) is 10.2 Å². The summed E-state index contributed by atoms with van der Waals surface area (Å²) in [4.78, 5) is 12.4. The molecule has 0 radical (unpaired) electrons. The van der Waals surface area contributed by atoms with Crippen LogP contribution in [0.25, 0.3) is 0 Å². The molecule has 5 nitrogen and oxygen atoms in total. The molecule has 6 heteroatoms. The van der Waals surface area contributed by atoms with E-state index in [2.05, 4.69) is 20.8 Å². The maximum absolute atomic E-state index is 13.8. The predicted octanol–water partition coefficient (Wildman–Crippen LogP) is 3.83. The maximum Gasteiger partial charge on any atom is 0.241 e. The van der Waals surface area contributed by atoms with Gasteiger partial charge in [-0.25, -0.2) is 4.39 Å². The standard InChI is InChI=1S/C24H27FN4O/c1-16-15-19(10-11-21(16)25)20(22-12-9-17(2)28-29-22)13-14-27-23(24(30)26-3)18-7-5-4-6-8-18/h4-12,15,20,23,27H,13-14H2,1-3H3,(H,26,30). The third-order valence-corrected chi connectivity index (χ3v) is 5.18. The van der Waals surface area contributed by atoms with Gasteiger partial charge in [0.25, 0.3) is 0 Å². The van der Waals surface area contributed by atoms with Crippen LogP contribution in [0, 0.1) is 19.7 Å². The zero-order valence-electron chi connectivity index (χ0n) is 17.5. The van der Waals surface area contributed by atoms with Gasteiger partial charge in [-0.3, -0.25) is 4.79 Å². The molecule has 0 fully saturated rings. The number of carbonyl (C=O) groups excluding carboxylic acids is 1. The van der Waals surface area contributed by atoms with E-state index in [1.54, 1.807) is 20.0 Å². The number of aromatic nitrogens is 2. The van der Waals surface area contributed by atoms with Crippen molar-refractivity contribution in [2.24, 2.45) is 0 Å². The number of hydrogen-bond donors (Lipinski definition) is 2. The van der Waals surface area contributed by atoms with Gasteiger partial charge >= 0.3 is 0 Å². The minimum Gasteiger partial charge on any atom is -0.358 e. The van der Waals surface area contributed by atoms with Crippen molar-refractivity contribution in [1.29, 1.82) is 0 Å². The van der Waals surface area contributed by atoms with Crippen LogP contribution in [0.2, 0.25) is 0 Å². The van der Waals surface area contributed by atoms with Crippen LogP contribution in [0.1, 0.15) is 46.5 Å². The summed E-state index contributed by atoms with van der Waals surface area (Å²) in [6.07, 6.45) is 0.684. The first kappa shape index (κ1) is 21.6. The lowest BCUT2D eigenvalue weighted by atomic mass is 9.90. The second-order valence-electron chi connectivity index (χ2n) is 7.36. The van der Waals surface area contributed by atoms with E-state index < -0.39 is 6.04 Å². The minimum absolute atomic E-state index is 0.0639. The molecule has 0 saturated heterocycles. The average molecular weight is 407 g/mol. The molecular weight excluding hydrogens is 379 g/mol. The lowest BCUT2D eigenvalue weighted by Gasteiger charge is -2.21. The Balaban J connectivity index is 1.81. The van der Waals surface area contributed by atoms with Gasteiger partial charge < -0.3 is 10.6 Å². The van der Waals surface area contributed by atoms with Gasteiger partial charge in [-0.1, -0.05) is 42.5 Å². The lowest BCUT2D eigenvalue weighted by molar-refractivity contribution is -0.122. The summed E-state index contributed by atoms with van der Waals surface area (Å²) >= 11 is 0. The molecule has 0 aliphatic heterocycles. The van der Waals surface area contributed by atoms with Crippen molar-refractivity contribution in [1.82, 2.24) is 20.8 Å². The molecule has 156 valence electrons. The summed E-state index contributed by atoms with van der Waals surface area (Å²) in [5.41, 5.74) is 4.14. The monoisotopic (exact) mass is 406 g/mol. The first-order valence-electron chi connectivity index (χ1n) is 10.1. The van der Waals surface area contributed by atoms with Crippen molar-refractivity contribution < 1.29 is 9.18 Å². The molecule has 0 aliphatic carbocycles. The van der Waals surface area contributed by atoms with Gasteiger partial charge in [0.2, 0.25) is 5.91 Å². The summed E-state index contributed by atoms with van der Waals surface area (Å²) in [5, 5.41) is 14.6. The van der Waals surface area contributed by atoms with Gasteiger partial charge in [0, 0.05) is 13.0 Å². The van der Waals surface area contributed by atoms with E-state index in [4.69, 9.17) is 0 Å². The van der Waals surface area contributed by atoms with E-state index in [0.717, 1.165) is 22.5 Å². The average Bonchev–Trinajstić information content (AvgIpc) is 2.77. The van der Waals surface area contributed by atoms with Crippen LogP contribution in [0.3, 0.4) is 0 Å². The molecule has 0 saturated carbocycles. The van der Waals surface area contributed by atoms with Crippen LogP contribution in [0.15, 0.2) is 60.7 Å². The van der Waals surface area contributed by atoms with E-state index in [9.17, 15) is 9.18 Å². The van der Waals surface area contributed by atoms with Gasteiger partial charge in [0.1, 0.15) is 11.9 Å². The molecule has 0 aliphatic rings. The van der Waals surface area contributed by atoms with Crippen LogP contribution in [0.4, 0.5) is 4.39 Å². The number of hydrogen-bond acceptors (Lipinski definition) is 4.